The molecule has 0 N–H and O–H groups in total. The van der Waals surface area contributed by atoms with Crippen LogP contribution in [0.5, 0.6) is 11.5 Å². The molecule has 0 amide bonds. The SMILES string of the molecule is C=C/C=C(\C=C)N1c2ccccc2Oc2c1ccc1c3ccc(N(C(=C)/C=C\C=C/C)c4ccccc4C4CCC4)c(C)c3n(C)c21. The van der Waals surface area contributed by atoms with Crippen LogP contribution in [0.3, 0.4) is 0 Å². The van der Waals surface area contributed by atoms with E-state index in [0.29, 0.717) is 5.92 Å². The van der Waals surface area contributed by atoms with E-state index in [1.54, 1.807) is 6.08 Å². The van der Waals surface area contributed by atoms with Gasteiger partial charge in [0.05, 0.1) is 28.1 Å². The monoisotopic (exact) mass is 615 g/mol. The van der Waals surface area contributed by atoms with E-state index in [2.05, 4.69) is 115 Å². The second-order valence-corrected chi connectivity index (χ2v) is 12.3. The third kappa shape index (κ3) is 4.92. The predicted octanol–water partition coefficient (Wildman–Crippen LogP) is 12.2. The number of hydrogen-bond donors (Lipinski definition) is 0. The summed E-state index contributed by atoms with van der Waals surface area (Å²) in [5.74, 6) is 2.20. The van der Waals surface area contributed by atoms with Crippen LogP contribution in [0.15, 0.2) is 146 Å². The maximum absolute atomic E-state index is 6.76. The molecule has 4 nitrogen and oxygen atoms in total. The lowest BCUT2D eigenvalue weighted by Gasteiger charge is -2.34. The minimum absolute atomic E-state index is 0.577. The Kier molecular flexibility index (Phi) is 7.95. The molecule has 1 saturated carbocycles. The summed E-state index contributed by atoms with van der Waals surface area (Å²) >= 11 is 0. The van der Waals surface area contributed by atoms with Gasteiger partial charge in [0.2, 0.25) is 0 Å². The molecule has 7 rings (SSSR count). The number of ether oxygens (including phenoxy) is 1. The summed E-state index contributed by atoms with van der Waals surface area (Å²) in [6, 6.07) is 25.9. The highest BCUT2D eigenvalue weighted by Crippen LogP contribution is 2.53. The maximum Gasteiger partial charge on any atom is 0.175 e. The zero-order valence-corrected chi connectivity index (χ0v) is 27.5. The fourth-order valence-corrected chi connectivity index (χ4v) is 7.23. The molecule has 0 saturated heterocycles. The smallest absolute Gasteiger partial charge is 0.175 e. The standard InChI is InChI=1S/C43H41N3O/c1-7-10-11-18-29(4)45(37-22-13-12-21-33(37)31-19-16-20-31)36-27-25-34-35-26-28-39-43(42(35)44(6)41(34)30(36)5)47-40-24-15-14-23-38(40)46(39)32(9-3)17-8-2/h7-15,17-18,21-28,31H,2-4,16,19-20H2,1,5-6H3/b10-7-,18-11-,32-17+. The molecule has 4 heteroatoms. The normalized spacial score (nSPS) is 14.7. The molecule has 1 fully saturated rings. The average molecular weight is 616 g/mol. The van der Waals surface area contributed by atoms with Crippen molar-refractivity contribution in [3.63, 3.8) is 0 Å². The number of nitrogens with zero attached hydrogens (tertiary/aromatic N) is 3. The summed E-state index contributed by atoms with van der Waals surface area (Å²) in [4.78, 5) is 4.55. The molecule has 5 aromatic rings. The highest BCUT2D eigenvalue weighted by molar-refractivity contribution is 6.14. The van der Waals surface area contributed by atoms with Crippen LogP contribution >= 0.6 is 0 Å². The van der Waals surface area contributed by atoms with Crippen molar-refractivity contribution in [3.05, 3.63) is 158 Å². The highest BCUT2D eigenvalue weighted by atomic mass is 16.5. The molecular weight excluding hydrogens is 574 g/mol. The number of rotatable bonds is 9. The van der Waals surface area contributed by atoms with Crippen molar-refractivity contribution in [2.45, 2.75) is 39.0 Å². The van der Waals surface area contributed by atoms with Crippen LogP contribution in [0.25, 0.3) is 21.8 Å². The number of benzene rings is 4. The van der Waals surface area contributed by atoms with Crippen molar-refractivity contribution >= 4 is 44.6 Å². The summed E-state index contributed by atoms with van der Waals surface area (Å²) in [6.07, 6.45) is 17.6. The number of aromatic nitrogens is 1. The molecule has 2 aliphatic rings. The lowest BCUT2D eigenvalue weighted by Crippen LogP contribution is -2.20. The minimum Gasteiger partial charge on any atom is -0.451 e. The van der Waals surface area contributed by atoms with Gasteiger partial charge in [-0.05, 0) is 98.4 Å². The van der Waals surface area contributed by atoms with Gasteiger partial charge in [-0.3, -0.25) is 0 Å². The van der Waals surface area contributed by atoms with Crippen LogP contribution in [0.4, 0.5) is 22.7 Å². The van der Waals surface area contributed by atoms with Crippen molar-refractivity contribution < 1.29 is 4.74 Å². The molecule has 1 aromatic heterocycles. The van der Waals surface area contributed by atoms with E-state index in [-0.39, 0.29) is 0 Å². The first-order chi connectivity index (χ1) is 23.0. The van der Waals surface area contributed by atoms with Gasteiger partial charge in [0, 0.05) is 34.9 Å². The Balaban J connectivity index is 1.46. The first kappa shape index (κ1) is 30.2. The van der Waals surface area contributed by atoms with Crippen LogP contribution in [0.1, 0.15) is 43.2 Å². The van der Waals surface area contributed by atoms with Gasteiger partial charge in [-0.15, -0.1) is 0 Å². The van der Waals surface area contributed by atoms with E-state index >= 15 is 0 Å². The molecule has 4 aromatic carbocycles. The third-order valence-electron chi connectivity index (χ3n) is 9.63. The van der Waals surface area contributed by atoms with Gasteiger partial charge >= 0.3 is 0 Å². The molecule has 2 heterocycles. The molecule has 0 bridgehead atoms. The van der Waals surface area contributed by atoms with E-state index in [1.165, 1.54) is 47.0 Å². The zero-order valence-electron chi connectivity index (χ0n) is 27.5. The Bertz CT molecular complexity index is 2150. The van der Waals surface area contributed by atoms with Crippen LogP contribution in [0.2, 0.25) is 0 Å². The van der Waals surface area contributed by atoms with Gasteiger partial charge in [-0.1, -0.05) is 86.9 Å². The number of hydrogen-bond acceptors (Lipinski definition) is 3. The lowest BCUT2D eigenvalue weighted by molar-refractivity contribution is 0.420. The minimum atomic E-state index is 0.577. The van der Waals surface area contributed by atoms with E-state index < -0.39 is 0 Å². The molecule has 1 aliphatic heterocycles. The maximum atomic E-state index is 6.76. The summed E-state index contributed by atoms with van der Waals surface area (Å²) in [7, 11) is 2.15. The Morgan fingerprint density at radius 2 is 1.62 bits per heavy atom. The molecule has 0 spiro atoms. The van der Waals surface area contributed by atoms with E-state index in [4.69, 9.17) is 4.74 Å². The highest BCUT2D eigenvalue weighted by Gasteiger charge is 2.31. The first-order valence-electron chi connectivity index (χ1n) is 16.4. The van der Waals surface area contributed by atoms with Gasteiger partial charge in [-0.25, -0.2) is 0 Å². The summed E-state index contributed by atoms with van der Waals surface area (Å²) in [5.41, 5.74) is 10.9. The molecule has 0 radical (unpaired) electrons. The summed E-state index contributed by atoms with van der Waals surface area (Å²) in [6.45, 7) is 16.9. The van der Waals surface area contributed by atoms with Gasteiger partial charge in [-0.2, -0.15) is 0 Å². The summed E-state index contributed by atoms with van der Waals surface area (Å²) in [5, 5.41) is 2.34. The van der Waals surface area contributed by atoms with Gasteiger partial charge in [0.25, 0.3) is 0 Å². The van der Waals surface area contributed by atoms with Crippen molar-refractivity contribution in [2.75, 3.05) is 9.80 Å². The van der Waals surface area contributed by atoms with Crippen molar-refractivity contribution in [1.29, 1.82) is 0 Å². The Hall–Kier alpha value is -5.48. The van der Waals surface area contributed by atoms with E-state index in [9.17, 15) is 0 Å². The van der Waals surface area contributed by atoms with Gasteiger partial charge in [0.15, 0.2) is 11.5 Å². The van der Waals surface area contributed by atoms with Crippen LogP contribution in [-0.2, 0) is 7.05 Å². The number of allylic oxidation sites excluding steroid dienone is 7. The van der Waals surface area contributed by atoms with Crippen LogP contribution in [-0.4, -0.2) is 4.57 Å². The fourth-order valence-electron chi connectivity index (χ4n) is 7.23. The van der Waals surface area contributed by atoms with Crippen molar-refractivity contribution in [2.24, 2.45) is 7.05 Å². The number of anilines is 4. The number of fused-ring (bicyclic) bond motifs is 6. The van der Waals surface area contributed by atoms with Gasteiger partial charge < -0.3 is 19.1 Å². The zero-order chi connectivity index (χ0) is 32.7. The molecule has 0 atom stereocenters. The first-order valence-corrected chi connectivity index (χ1v) is 16.4. The molecular formula is C43H41N3O. The van der Waals surface area contributed by atoms with Gasteiger partial charge in [0.1, 0.15) is 0 Å². The fraction of sp³-hybridized carbons (Fsp3) is 0.163. The predicted molar refractivity (Wildman–Crippen MR) is 201 cm³/mol. The molecule has 1 aliphatic carbocycles. The van der Waals surface area contributed by atoms with Crippen molar-refractivity contribution in [3.8, 4) is 11.5 Å². The third-order valence-corrected chi connectivity index (χ3v) is 9.63. The molecule has 0 unspecified atom stereocenters. The number of para-hydroxylation sites is 3. The Morgan fingerprint density at radius 3 is 2.36 bits per heavy atom. The Morgan fingerprint density at radius 1 is 0.872 bits per heavy atom. The topological polar surface area (TPSA) is 20.6 Å². The Labute approximate surface area is 278 Å². The van der Waals surface area contributed by atoms with E-state index in [1.807, 2.05) is 49.4 Å². The average Bonchev–Trinajstić information content (AvgIpc) is 3.36. The lowest BCUT2D eigenvalue weighted by atomic mass is 9.79. The molecule has 47 heavy (non-hydrogen) atoms. The second-order valence-electron chi connectivity index (χ2n) is 12.3. The summed E-state index contributed by atoms with van der Waals surface area (Å²) < 4.78 is 9.05. The van der Waals surface area contributed by atoms with Crippen LogP contribution in [0, 0.1) is 6.92 Å². The quantitative estimate of drug-likeness (QED) is 0.154. The van der Waals surface area contributed by atoms with Crippen LogP contribution < -0.4 is 14.5 Å². The number of aryl methyl sites for hydroxylation is 2. The van der Waals surface area contributed by atoms with Crippen molar-refractivity contribution in [1.82, 2.24) is 4.57 Å². The second kappa shape index (κ2) is 12.4. The largest absolute Gasteiger partial charge is 0.451 e. The molecule has 234 valence electrons. The van der Waals surface area contributed by atoms with E-state index in [0.717, 1.165) is 50.9 Å².